The van der Waals surface area contributed by atoms with Gasteiger partial charge in [-0.1, -0.05) is 0 Å². The normalized spacial score (nSPS) is 17.6. The summed E-state index contributed by atoms with van der Waals surface area (Å²) in [6, 6.07) is 4.15. The molecule has 0 radical (unpaired) electrons. The predicted octanol–water partition coefficient (Wildman–Crippen LogP) is 2.78. The third kappa shape index (κ3) is 2.52. The Hall–Kier alpha value is -2.48. The second-order valence-corrected chi connectivity index (χ2v) is 6.66. The molecule has 124 valence electrons. The summed E-state index contributed by atoms with van der Waals surface area (Å²) in [4.78, 5) is 23.4. The summed E-state index contributed by atoms with van der Waals surface area (Å²) in [6.07, 6.45) is 3.47. The highest BCUT2D eigenvalue weighted by atomic mass is 32.1. The van der Waals surface area contributed by atoms with Crippen LogP contribution in [0, 0.1) is 5.82 Å². The molecule has 0 aliphatic carbocycles. The lowest BCUT2D eigenvalue weighted by Crippen LogP contribution is -2.40. The number of hydrogen-bond donors (Lipinski definition) is 1. The van der Waals surface area contributed by atoms with Gasteiger partial charge in [-0.25, -0.2) is 14.4 Å². The SMILES string of the molecule is Cn1c(NC(=O)C2CCCN2c2nccs2)nc2cc(F)ccc21. The van der Waals surface area contributed by atoms with E-state index in [0.29, 0.717) is 11.5 Å². The average Bonchev–Trinajstić information content (AvgIpc) is 3.28. The van der Waals surface area contributed by atoms with Gasteiger partial charge < -0.3 is 9.47 Å². The maximum Gasteiger partial charge on any atom is 0.249 e. The molecule has 0 saturated carbocycles. The molecule has 0 bridgehead atoms. The zero-order valence-electron chi connectivity index (χ0n) is 13.1. The van der Waals surface area contributed by atoms with Gasteiger partial charge in [-0.3, -0.25) is 10.1 Å². The Labute approximate surface area is 141 Å². The Morgan fingerprint density at radius 3 is 3.12 bits per heavy atom. The first-order valence-corrected chi connectivity index (χ1v) is 8.60. The van der Waals surface area contributed by atoms with Crippen LogP contribution in [-0.2, 0) is 11.8 Å². The average molecular weight is 345 g/mol. The number of hydrogen-bond acceptors (Lipinski definition) is 5. The summed E-state index contributed by atoms with van der Waals surface area (Å²) in [6.45, 7) is 0.819. The Morgan fingerprint density at radius 1 is 1.46 bits per heavy atom. The van der Waals surface area contributed by atoms with E-state index in [2.05, 4.69) is 15.3 Å². The summed E-state index contributed by atoms with van der Waals surface area (Å²) in [5, 5.41) is 5.64. The van der Waals surface area contributed by atoms with Crippen molar-refractivity contribution in [3.8, 4) is 0 Å². The van der Waals surface area contributed by atoms with E-state index in [9.17, 15) is 9.18 Å². The number of aromatic nitrogens is 3. The van der Waals surface area contributed by atoms with Crippen molar-refractivity contribution < 1.29 is 9.18 Å². The molecular weight excluding hydrogens is 329 g/mol. The first kappa shape index (κ1) is 15.1. The second-order valence-electron chi connectivity index (χ2n) is 5.78. The molecule has 3 aromatic rings. The topological polar surface area (TPSA) is 63.1 Å². The number of carbonyl (C=O) groups is 1. The molecule has 1 atom stereocenters. The molecule has 1 amide bonds. The molecule has 0 spiro atoms. The van der Waals surface area contributed by atoms with Crippen LogP contribution in [0.25, 0.3) is 11.0 Å². The van der Waals surface area contributed by atoms with Gasteiger partial charge in [-0.05, 0) is 25.0 Å². The number of thiazole rings is 1. The van der Waals surface area contributed by atoms with Crippen LogP contribution < -0.4 is 10.2 Å². The van der Waals surface area contributed by atoms with Gasteiger partial charge in [0.1, 0.15) is 11.9 Å². The lowest BCUT2D eigenvalue weighted by Gasteiger charge is -2.22. The lowest BCUT2D eigenvalue weighted by molar-refractivity contribution is -0.117. The van der Waals surface area contributed by atoms with Crippen molar-refractivity contribution in [1.29, 1.82) is 0 Å². The number of halogens is 1. The molecule has 1 aromatic carbocycles. The van der Waals surface area contributed by atoms with Gasteiger partial charge in [-0.15, -0.1) is 11.3 Å². The molecule has 1 N–H and O–H groups in total. The monoisotopic (exact) mass is 345 g/mol. The minimum Gasteiger partial charge on any atom is -0.336 e. The van der Waals surface area contributed by atoms with Crippen molar-refractivity contribution in [3.63, 3.8) is 0 Å². The first-order valence-electron chi connectivity index (χ1n) is 7.72. The number of imidazole rings is 1. The Kier molecular flexibility index (Phi) is 3.68. The summed E-state index contributed by atoms with van der Waals surface area (Å²) in [5.41, 5.74) is 1.30. The summed E-state index contributed by atoms with van der Waals surface area (Å²) < 4.78 is 15.1. The quantitative estimate of drug-likeness (QED) is 0.793. The van der Waals surface area contributed by atoms with Crippen molar-refractivity contribution in [2.45, 2.75) is 18.9 Å². The smallest absolute Gasteiger partial charge is 0.249 e. The van der Waals surface area contributed by atoms with E-state index in [0.717, 1.165) is 30.0 Å². The number of carbonyl (C=O) groups excluding carboxylic acids is 1. The number of aryl methyl sites for hydroxylation is 1. The highest BCUT2D eigenvalue weighted by molar-refractivity contribution is 7.13. The van der Waals surface area contributed by atoms with Crippen LogP contribution in [0.4, 0.5) is 15.5 Å². The van der Waals surface area contributed by atoms with Gasteiger partial charge in [0.2, 0.25) is 11.9 Å². The summed E-state index contributed by atoms with van der Waals surface area (Å²) in [5.74, 6) is -0.0302. The van der Waals surface area contributed by atoms with Crippen LogP contribution in [0.5, 0.6) is 0 Å². The zero-order valence-corrected chi connectivity index (χ0v) is 13.9. The van der Waals surface area contributed by atoms with Crippen molar-refractivity contribution >= 4 is 39.4 Å². The van der Waals surface area contributed by atoms with Crippen molar-refractivity contribution in [2.75, 3.05) is 16.8 Å². The molecule has 1 unspecified atom stereocenters. The molecule has 6 nitrogen and oxygen atoms in total. The van der Waals surface area contributed by atoms with Crippen LogP contribution in [0.2, 0.25) is 0 Å². The van der Waals surface area contributed by atoms with E-state index in [4.69, 9.17) is 0 Å². The number of fused-ring (bicyclic) bond motifs is 1. The van der Waals surface area contributed by atoms with E-state index in [1.165, 1.54) is 23.5 Å². The van der Waals surface area contributed by atoms with E-state index >= 15 is 0 Å². The number of nitrogens with zero attached hydrogens (tertiary/aromatic N) is 4. The van der Waals surface area contributed by atoms with Crippen molar-refractivity contribution in [2.24, 2.45) is 7.05 Å². The van der Waals surface area contributed by atoms with Gasteiger partial charge >= 0.3 is 0 Å². The van der Waals surface area contributed by atoms with E-state index in [1.54, 1.807) is 23.9 Å². The van der Waals surface area contributed by atoms with E-state index < -0.39 is 0 Å². The van der Waals surface area contributed by atoms with Crippen LogP contribution >= 0.6 is 11.3 Å². The van der Waals surface area contributed by atoms with Gasteiger partial charge in [0.05, 0.1) is 11.0 Å². The summed E-state index contributed by atoms with van der Waals surface area (Å²) in [7, 11) is 1.80. The Balaban J connectivity index is 1.59. The van der Waals surface area contributed by atoms with Crippen molar-refractivity contribution in [1.82, 2.24) is 14.5 Å². The second kappa shape index (κ2) is 5.86. The molecule has 1 saturated heterocycles. The van der Waals surface area contributed by atoms with Gasteiger partial charge in [0.15, 0.2) is 5.13 Å². The van der Waals surface area contributed by atoms with Crippen LogP contribution in [0.1, 0.15) is 12.8 Å². The minimum atomic E-state index is -0.343. The predicted molar refractivity (Wildman–Crippen MR) is 91.8 cm³/mol. The number of anilines is 2. The number of rotatable bonds is 3. The minimum absolute atomic E-state index is 0.110. The molecule has 8 heteroatoms. The molecule has 3 heterocycles. The Bertz CT molecular complexity index is 891. The number of nitrogens with one attached hydrogen (secondary N) is 1. The fourth-order valence-electron chi connectivity index (χ4n) is 3.10. The Morgan fingerprint density at radius 2 is 2.33 bits per heavy atom. The number of amides is 1. The van der Waals surface area contributed by atoms with Gasteiger partial charge in [-0.2, -0.15) is 0 Å². The maximum atomic E-state index is 13.3. The third-order valence-electron chi connectivity index (χ3n) is 4.30. The fourth-order valence-corrected chi connectivity index (χ4v) is 3.82. The highest BCUT2D eigenvalue weighted by Gasteiger charge is 2.32. The standard InChI is InChI=1S/C16H16FN5OS/c1-21-12-5-4-10(17)9-11(12)19-15(21)20-14(23)13-3-2-7-22(13)16-18-6-8-24-16/h4-6,8-9,13H,2-3,7H2,1H3,(H,19,20,23). The zero-order chi connectivity index (χ0) is 16.7. The highest BCUT2D eigenvalue weighted by Crippen LogP contribution is 2.28. The third-order valence-corrected chi connectivity index (χ3v) is 5.11. The van der Waals surface area contributed by atoms with Gasteiger partial charge in [0, 0.05) is 31.2 Å². The summed E-state index contributed by atoms with van der Waals surface area (Å²) >= 11 is 1.53. The molecule has 1 fully saturated rings. The molecule has 2 aromatic heterocycles. The number of benzene rings is 1. The van der Waals surface area contributed by atoms with Crippen LogP contribution in [-0.4, -0.2) is 33.0 Å². The molecule has 4 rings (SSSR count). The fraction of sp³-hybridized carbons (Fsp3) is 0.312. The van der Waals surface area contributed by atoms with Crippen molar-refractivity contribution in [3.05, 3.63) is 35.6 Å². The van der Waals surface area contributed by atoms with Gasteiger partial charge in [0.25, 0.3) is 0 Å². The van der Waals surface area contributed by atoms with Crippen LogP contribution in [0.15, 0.2) is 29.8 Å². The molecule has 24 heavy (non-hydrogen) atoms. The lowest BCUT2D eigenvalue weighted by atomic mass is 10.2. The molecular formula is C16H16FN5OS. The van der Waals surface area contributed by atoms with E-state index in [1.807, 2.05) is 10.3 Å². The van der Waals surface area contributed by atoms with Crippen LogP contribution in [0.3, 0.4) is 0 Å². The maximum absolute atomic E-state index is 13.3. The first-order chi connectivity index (χ1) is 11.6. The molecule has 1 aliphatic heterocycles. The largest absolute Gasteiger partial charge is 0.336 e. The molecule has 1 aliphatic rings. The van der Waals surface area contributed by atoms with E-state index in [-0.39, 0.29) is 17.8 Å².